The molecule has 0 bridgehead atoms. The van der Waals surface area contributed by atoms with Gasteiger partial charge in [0.2, 0.25) is 0 Å². The molecule has 0 saturated heterocycles. The van der Waals surface area contributed by atoms with Crippen molar-refractivity contribution in [2.24, 2.45) is 0 Å². The molecule has 0 N–H and O–H groups in total. The number of nitrogens with zero attached hydrogens (tertiary/aromatic N) is 1. The highest BCUT2D eigenvalue weighted by Crippen LogP contribution is 2.53. The van der Waals surface area contributed by atoms with Crippen molar-refractivity contribution in [2.75, 3.05) is 0 Å². The summed E-state index contributed by atoms with van der Waals surface area (Å²) in [5.74, 6) is 0. The number of hydrogen-bond donors (Lipinski definition) is 0. The van der Waals surface area contributed by atoms with Crippen molar-refractivity contribution in [3.05, 3.63) is 0 Å². The van der Waals surface area contributed by atoms with Gasteiger partial charge in [0.15, 0.2) is 0 Å². The van der Waals surface area contributed by atoms with Crippen molar-refractivity contribution in [1.29, 1.82) is 0 Å². The summed E-state index contributed by atoms with van der Waals surface area (Å²) in [5.41, 5.74) is -10.7. The highest BCUT2D eigenvalue weighted by atomic mass is 35.9. The van der Waals surface area contributed by atoms with Gasteiger partial charge in [0.1, 0.15) is 0 Å². The van der Waals surface area contributed by atoms with E-state index in [1.165, 1.54) is 0 Å². The molecule has 1 atom stereocenters. The van der Waals surface area contributed by atoms with E-state index in [9.17, 15) is 0 Å². The third-order valence-electron chi connectivity index (χ3n) is 2.62. The minimum Gasteiger partial charge on any atom is -0.307 e. The minimum atomic E-state index is -3.61. The van der Waals surface area contributed by atoms with Crippen molar-refractivity contribution >= 4 is 123 Å². The standard InChI is InChI=1S/C6H14Cl9NSi4/c1-5(2)16(6(3)4)20(15,18(10,11)12)19(13,14)17(7,8)9/h5-6H,1-4H3. The van der Waals surface area contributed by atoms with Crippen LogP contribution in [0, 0.1) is 0 Å². The molecular weight excluding hydrogens is 517 g/mol. The fourth-order valence-electron chi connectivity index (χ4n) is 1.98. The quantitative estimate of drug-likeness (QED) is 0.289. The lowest BCUT2D eigenvalue weighted by molar-refractivity contribution is 0.310. The lowest BCUT2D eigenvalue weighted by Crippen LogP contribution is -2.81. The van der Waals surface area contributed by atoms with Crippen molar-refractivity contribution in [2.45, 2.75) is 39.8 Å². The van der Waals surface area contributed by atoms with Gasteiger partial charge in [0.25, 0.3) is 6.58 Å². The van der Waals surface area contributed by atoms with Crippen LogP contribution >= 0.6 is 99.7 Å². The van der Waals surface area contributed by atoms with Crippen LogP contribution in [0.25, 0.3) is 0 Å². The van der Waals surface area contributed by atoms with E-state index in [1.54, 1.807) is 0 Å². The molecule has 0 spiro atoms. The van der Waals surface area contributed by atoms with E-state index < -0.39 is 23.4 Å². The lowest BCUT2D eigenvalue weighted by atomic mass is 10.3. The normalized spacial score (nSPS) is 18.0. The number of hydrogen-bond acceptors (Lipinski definition) is 1. The van der Waals surface area contributed by atoms with Gasteiger partial charge < -0.3 is 4.57 Å². The zero-order chi connectivity index (χ0) is 16.7. The van der Waals surface area contributed by atoms with Crippen LogP contribution in [0.3, 0.4) is 0 Å². The molecule has 0 radical (unpaired) electrons. The van der Waals surface area contributed by atoms with E-state index in [2.05, 4.69) is 0 Å². The molecular formula is C6H14Cl9NSi4. The maximum absolute atomic E-state index is 6.86. The molecule has 1 nitrogen and oxygen atoms in total. The van der Waals surface area contributed by atoms with Gasteiger partial charge in [-0.25, -0.2) is 0 Å². The summed E-state index contributed by atoms with van der Waals surface area (Å²) in [6.07, 6.45) is 0. The summed E-state index contributed by atoms with van der Waals surface area (Å²) in [6.45, 7) is 4.20. The van der Waals surface area contributed by atoms with Gasteiger partial charge in [0, 0.05) is 0 Å². The average molecular weight is 532 g/mol. The minimum absolute atomic E-state index is 0.0342. The third kappa shape index (κ3) is 4.53. The zero-order valence-electron chi connectivity index (χ0n) is 11.0. The van der Waals surface area contributed by atoms with Crippen LogP contribution in [-0.2, 0) is 0 Å². The Bertz CT molecular complexity index is 332. The van der Waals surface area contributed by atoms with Gasteiger partial charge in [-0.1, -0.05) is 27.7 Å². The maximum Gasteiger partial charge on any atom is 0.358 e. The molecule has 0 aromatic rings. The molecule has 0 amide bonds. The van der Waals surface area contributed by atoms with Gasteiger partial charge >= 0.3 is 16.8 Å². The average Bonchev–Trinajstić information content (AvgIpc) is 2.11. The molecule has 0 aliphatic heterocycles. The third-order valence-corrected chi connectivity index (χ3v) is 83.9. The second-order valence-corrected chi connectivity index (χ2v) is 56.7. The first-order valence-electron chi connectivity index (χ1n) is 5.50. The fraction of sp³-hybridized carbons (Fsp3) is 1.00. The molecule has 0 heterocycles. The van der Waals surface area contributed by atoms with Crippen LogP contribution in [0.1, 0.15) is 27.7 Å². The van der Waals surface area contributed by atoms with Crippen molar-refractivity contribution in [3.63, 3.8) is 0 Å². The summed E-state index contributed by atoms with van der Waals surface area (Å²) in [4.78, 5) is 0. The molecule has 1 unspecified atom stereocenters. The topological polar surface area (TPSA) is 3.24 Å². The van der Waals surface area contributed by atoms with Crippen LogP contribution in [0.2, 0.25) is 0 Å². The Hall–Kier alpha value is 3.44. The van der Waals surface area contributed by atoms with Crippen LogP contribution in [0.5, 0.6) is 0 Å². The first kappa shape index (κ1) is 23.4. The van der Waals surface area contributed by atoms with Gasteiger partial charge in [0.05, 0.1) is 0 Å². The predicted octanol–water partition coefficient (Wildman–Crippen LogP) is 6.25. The summed E-state index contributed by atoms with van der Waals surface area (Å²) in [6, 6.07) is -0.0685. The molecule has 0 saturated carbocycles. The summed E-state index contributed by atoms with van der Waals surface area (Å²) < 4.78 is 1.88. The first-order valence-corrected chi connectivity index (χ1v) is 25.6. The van der Waals surface area contributed by atoms with E-state index in [0.29, 0.717) is 0 Å². The number of rotatable bonds is 6. The second-order valence-electron chi connectivity index (χ2n) is 4.79. The Morgan fingerprint density at radius 1 is 0.600 bits per heavy atom. The zero-order valence-corrected chi connectivity index (χ0v) is 21.8. The van der Waals surface area contributed by atoms with E-state index in [-0.39, 0.29) is 12.1 Å². The van der Waals surface area contributed by atoms with Crippen molar-refractivity contribution < 1.29 is 0 Å². The Balaban J connectivity index is 6.29. The van der Waals surface area contributed by atoms with Crippen LogP contribution in [0.15, 0.2) is 0 Å². The van der Waals surface area contributed by atoms with Gasteiger partial charge in [-0.2, -0.15) is 0 Å². The van der Waals surface area contributed by atoms with E-state index in [0.717, 1.165) is 0 Å². The molecule has 0 rings (SSSR count). The lowest BCUT2D eigenvalue weighted by Gasteiger charge is -2.50. The largest absolute Gasteiger partial charge is 0.358 e. The summed E-state index contributed by atoms with van der Waals surface area (Å²) in [5, 5.41) is 0. The summed E-state index contributed by atoms with van der Waals surface area (Å²) >= 11 is 57.1. The Morgan fingerprint density at radius 3 is 1.05 bits per heavy atom. The highest BCUT2D eigenvalue weighted by Gasteiger charge is 2.79. The van der Waals surface area contributed by atoms with E-state index in [4.69, 9.17) is 99.7 Å². The molecule has 0 aromatic heterocycles. The first-order chi connectivity index (χ1) is 8.51. The summed E-state index contributed by atoms with van der Waals surface area (Å²) in [7, 11) is 0. The predicted molar refractivity (Wildman–Crippen MR) is 108 cm³/mol. The van der Waals surface area contributed by atoms with E-state index in [1.807, 2.05) is 32.3 Å². The van der Waals surface area contributed by atoms with Crippen molar-refractivity contribution in [1.82, 2.24) is 4.57 Å². The van der Waals surface area contributed by atoms with Gasteiger partial charge in [-0.15, -0.1) is 99.7 Å². The van der Waals surface area contributed by atoms with Crippen molar-refractivity contribution in [3.8, 4) is 0 Å². The molecule has 20 heavy (non-hydrogen) atoms. The number of halogens is 9. The SMILES string of the molecule is CC(C)N(C(C)C)[Si](Cl)([Si](Cl)(Cl)Cl)[Si](Cl)(Cl)[Si](Cl)(Cl)Cl. The van der Waals surface area contributed by atoms with Gasteiger partial charge in [-0.3, -0.25) is 0 Å². The van der Waals surface area contributed by atoms with Crippen LogP contribution in [-0.4, -0.2) is 40.0 Å². The highest BCUT2D eigenvalue weighted by molar-refractivity contribution is 8.27. The van der Waals surface area contributed by atoms with Crippen LogP contribution < -0.4 is 0 Å². The van der Waals surface area contributed by atoms with Crippen LogP contribution in [0.4, 0.5) is 0 Å². The smallest absolute Gasteiger partial charge is 0.307 e. The monoisotopic (exact) mass is 527 g/mol. The molecule has 122 valence electrons. The van der Waals surface area contributed by atoms with E-state index >= 15 is 0 Å². The molecule has 0 aliphatic rings. The molecule has 0 aromatic carbocycles. The fourth-order valence-corrected chi connectivity index (χ4v) is 94.0. The molecule has 0 fully saturated rings. The van der Waals surface area contributed by atoms with Gasteiger partial charge in [-0.05, 0) is 12.1 Å². The maximum atomic E-state index is 6.86. The second kappa shape index (κ2) is 7.77. The Labute approximate surface area is 165 Å². The Kier molecular flexibility index (Phi) is 9.10. The molecule has 0 aliphatic carbocycles. The Morgan fingerprint density at radius 2 is 0.900 bits per heavy atom. The molecule has 14 heteroatoms.